The lowest BCUT2D eigenvalue weighted by Gasteiger charge is -2.05. The number of carboxylic acid groups (broad SMARTS) is 1. The van der Waals surface area contributed by atoms with E-state index < -0.39 is 18.0 Å². The van der Waals surface area contributed by atoms with Crippen LogP contribution in [0.15, 0.2) is 15.9 Å². The van der Waals surface area contributed by atoms with Crippen molar-refractivity contribution in [2.75, 3.05) is 6.54 Å². The maximum Gasteiger partial charge on any atom is 0.334 e. The summed E-state index contributed by atoms with van der Waals surface area (Å²) in [5.74, 6) is -1.76. The number of carbonyl (C=O) groups excluding carboxylic acids is 1. The summed E-state index contributed by atoms with van der Waals surface area (Å²) in [6, 6.07) is 3.32. The molecule has 0 bridgehead atoms. The minimum absolute atomic E-state index is 0.302. The van der Waals surface area contributed by atoms with Gasteiger partial charge in [0, 0.05) is 0 Å². The number of hydrogen-bond donors (Lipinski definition) is 3. The van der Waals surface area contributed by atoms with Gasteiger partial charge in [0.2, 0.25) is 0 Å². The Labute approximate surface area is 97.9 Å². The van der Waals surface area contributed by atoms with E-state index in [4.69, 9.17) is 10.2 Å². The number of thiophene rings is 1. The van der Waals surface area contributed by atoms with E-state index in [2.05, 4.69) is 21.2 Å². The molecule has 0 aromatic carbocycles. The molecule has 0 saturated heterocycles. The number of halogens is 1. The van der Waals surface area contributed by atoms with Crippen LogP contribution in [0.2, 0.25) is 0 Å². The van der Waals surface area contributed by atoms with Crippen LogP contribution in [0.3, 0.4) is 0 Å². The predicted molar refractivity (Wildman–Crippen MR) is 58.0 cm³/mol. The van der Waals surface area contributed by atoms with Gasteiger partial charge in [-0.15, -0.1) is 11.3 Å². The van der Waals surface area contributed by atoms with Crippen molar-refractivity contribution in [3.8, 4) is 0 Å². The summed E-state index contributed by atoms with van der Waals surface area (Å²) in [5.41, 5.74) is 0. The second kappa shape index (κ2) is 5.24. The van der Waals surface area contributed by atoms with Gasteiger partial charge in [-0.2, -0.15) is 0 Å². The fraction of sp³-hybridized carbons (Fsp3) is 0.250. The first-order chi connectivity index (χ1) is 7.00. The molecule has 15 heavy (non-hydrogen) atoms. The molecule has 0 aliphatic heterocycles. The molecule has 1 rings (SSSR count). The molecule has 0 saturated carbocycles. The monoisotopic (exact) mass is 293 g/mol. The van der Waals surface area contributed by atoms with E-state index in [1.807, 2.05) is 0 Å². The Hall–Kier alpha value is -0.920. The minimum atomic E-state index is -1.57. The smallest absolute Gasteiger partial charge is 0.334 e. The summed E-state index contributed by atoms with van der Waals surface area (Å²) in [7, 11) is 0. The molecule has 0 aliphatic carbocycles. The summed E-state index contributed by atoms with van der Waals surface area (Å²) < 4.78 is 0.812. The van der Waals surface area contributed by atoms with Crippen molar-refractivity contribution >= 4 is 39.1 Å². The van der Waals surface area contributed by atoms with Crippen LogP contribution in [0.5, 0.6) is 0 Å². The average molecular weight is 294 g/mol. The van der Waals surface area contributed by atoms with Crippen LogP contribution in [0.25, 0.3) is 0 Å². The van der Waals surface area contributed by atoms with Crippen molar-refractivity contribution < 1.29 is 19.8 Å². The molecule has 1 aromatic rings. The van der Waals surface area contributed by atoms with E-state index in [1.165, 1.54) is 11.3 Å². The topological polar surface area (TPSA) is 86.6 Å². The van der Waals surface area contributed by atoms with Gasteiger partial charge in [0.15, 0.2) is 6.10 Å². The Morgan fingerprint density at radius 1 is 1.53 bits per heavy atom. The van der Waals surface area contributed by atoms with Crippen LogP contribution in [0.1, 0.15) is 9.67 Å². The molecule has 7 heteroatoms. The lowest BCUT2D eigenvalue weighted by molar-refractivity contribution is -0.146. The molecule has 1 atom stereocenters. The van der Waals surface area contributed by atoms with Gasteiger partial charge in [-0.05, 0) is 28.1 Å². The number of carbonyl (C=O) groups is 2. The fourth-order valence-electron chi connectivity index (χ4n) is 0.800. The molecular weight excluding hydrogens is 286 g/mol. The first kappa shape index (κ1) is 12.2. The summed E-state index contributed by atoms with van der Waals surface area (Å²) in [6.07, 6.45) is -1.57. The van der Waals surface area contributed by atoms with Gasteiger partial charge < -0.3 is 15.5 Å². The Bertz CT molecular complexity index is 378. The van der Waals surface area contributed by atoms with Crippen LogP contribution in [0, 0.1) is 0 Å². The van der Waals surface area contributed by atoms with E-state index in [0.29, 0.717) is 4.88 Å². The molecule has 1 aromatic heterocycles. The van der Waals surface area contributed by atoms with Crippen molar-refractivity contribution in [1.82, 2.24) is 5.32 Å². The molecule has 1 heterocycles. The lowest BCUT2D eigenvalue weighted by Crippen LogP contribution is -2.36. The largest absolute Gasteiger partial charge is 0.479 e. The molecule has 0 unspecified atom stereocenters. The highest BCUT2D eigenvalue weighted by atomic mass is 79.9. The minimum Gasteiger partial charge on any atom is -0.479 e. The first-order valence-corrected chi connectivity index (χ1v) is 5.56. The number of amides is 1. The molecule has 0 radical (unpaired) electrons. The summed E-state index contributed by atoms with van der Waals surface area (Å²) in [6.45, 7) is -0.302. The standard InChI is InChI=1S/C8H8BrNO4S/c9-6-2-1-5(15-6)7(12)10-3-4(11)8(13)14/h1-2,4,11H,3H2,(H,10,12)(H,13,14)/t4-/m0/s1. The van der Waals surface area contributed by atoms with E-state index in [1.54, 1.807) is 12.1 Å². The van der Waals surface area contributed by atoms with Gasteiger partial charge in [0.1, 0.15) is 0 Å². The third-order valence-corrected chi connectivity index (χ3v) is 3.16. The molecule has 5 nitrogen and oxygen atoms in total. The normalized spacial score (nSPS) is 12.1. The van der Waals surface area contributed by atoms with Gasteiger partial charge in [-0.25, -0.2) is 4.79 Å². The highest BCUT2D eigenvalue weighted by Gasteiger charge is 2.15. The Kier molecular flexibility index (Phi) is 4.25. The van der Waals surface area contributed by atoms with Gasteiger partial charge >= 0.3 is 5.97 Å². The SMILES string of the molecule is O=C(NC[C@H](O)C(=O)O)c1ccc(Br)s1. The summed E-state index contributed by atoms with van der Waals surface area (Å²) in [5, 5.41) is 19.6. The third kappa shape index (κ3) is 3.61. The summed E-state index contributed by atoms with van der Waals surface area (Å²) in [4.78, 5) is 22.1. The van der Waals surface area contributed by atoms with Crippen molar-refractivity contribution in [3.63, 3.8) is 0 Å². The number of rotatable bonds is 4. The molecule has 0 fully saturated rings. The first-order valence-electron chi connectivity index (χ1n) is 3.95. The van der Waals surface area contributed by atoms with Crippen LogP contribution in [0.4, 0.5) is 0 Å². The number of hydrogen-bond acceptors (Lipinski definition) is 4. The van der Waals surface area contributed by atoms with Gasteiger partial charge in [-0.1, -0.05) is 0 Å². The zero-order valence-corrected chi connectivity index (χ0v) is 9.84. The van der Waals surface area contributed by atoms with Crippen molar-refractivity contribution in [2.24, 2.45) is 0 Å². The Balaban J connectivity index is 2.47. The molecule has 1 amide bonds. The number of nitrogens with one attached hydrogen (secondary N) is 1. The van der Waals surface area contributed by atoms with Crippen LogP contribution in [-0.2, 0) is 4.79 Å². The number of aliphatic hydroxyl groups is 1. The van der Waals surface area contributed by atoms with Crippen molar-refractivity contribution in [1.29, 1.82) is 0 Å². The fourth-order valence-corrected chi connectivity index (χ4v) is 2.10. The number of aliphatic hydroxyl groups excluding tert-OH is 1. The van der Waals surface area contributed by atoms with E-state index in [0.717, 1.165) is 3.79 Å². The van der Waals surface area contributed by atoms with Gasteiger partial charge in [0.25, 0.3) is 5.91 Å². The Morgan fingerprint density at radius 3 is 2.67 bits per heavy atom. The highest BCUT2D eigenvalue weighted by molar-refractivity contribution is 9.11. The van der Waals surface area contributed by atoms with E-state index in [9.17, 15) is 9.59 Å². The average Bonchev–Trinajstić information content (AvgIpc) is 2.60. The van der Waals surface area contributed by atoms with E-state index in [-0.39, 0.29) is 6.54 Å². The maximum atomic E-state index is 11.4. The van der Waals surface area contributed by atoms with Crippen LogP contribution < -0.4 is 5.32 Å². The van der Waals surface area contributed by atoms with E-state index >= 15 is 0 Å². The maximum absolute atomic E-state index is 11.4. The summed E-state index contributed by atoms with van der Waals surface area (Å²) >= 11 is 4.43. The zero-order chi connectivity index (χ0) is 11.4. The second-order valence-electron chi connectivity index (χ2n) is 2.67. The quantitative estimate of drug-likeness (QED) is 0.762. The Morgan fingerprint density at radius 2 is 2.20 bits per heavy atom. The molecule has 3 N–H and O–H groups in total. The number of aliphatic carboxylic acids is 1. The zero-order valence-electron chi connectivity index (χ0n) is 7.44. The second-order valence-corrected chi connectivity index (χ2v) is 5.13. The van der Waals surface area contributed by atoms with Crippen molar-refractivity contribution in [3.05, 3.63) is 20.8 Å². The molecule has 82 valence electrons. The van der Waals surface area contributed by atoms with Crippen LogP contribution in [-0.4, -0.2) is 34.7 Å². The number of carboxylic acids is 1. The molecule has 0 spiro atoms. The van der Waals surface area contributed by atoms with Crippen molar-refractivity contribution in [2.45, 2.75) is 6.10 Å². The predicted octanol–water partition coefficient (Wildman–Crippen LogP) is 0.686. The van der Waals surface area contributed by atoms with Gasteiger partial charge in [0.05, 0.1) is 15.2 Å². The molecular formula is C8H8BrNO4S. The van der Waals surface area contributed by atoms with Gasteiger partial charge in [-0.3, -0.25) is 4.79 Å². The lowest BCUT2D eigenvalue weighted by atomic mass is 10.3. The highest BCUT2D eigenvalue weighted by Crippen LogP contribution is 2.21. The van der Waals surface area contributed by atoms with Crippen LogP contribution >= 0.6 is 27.3 Å². The molecule has 0 aliphatic rings. The third-order valence-electron chi connectivity index (χ3n) is 1.54.